The molecule has 0 aromatic carbocycles. The Morgan fingerprint density at radius 2 is 2.00 bits per heavy atom. The number of rotatable bonds is 8. The van der Waals surface area contributed by atoms with Crippen LogP contribution in [0.25, 0.3) is 0 Å². The van der Waals surface area contributed by atoms with Crippen LogP contribution in [0.3, 0.4) is 0 Å². The fourth-order valence-electron chi connectivity index (χ4n) is 4.28. The minimum atomic E-state index is -0.426. The van der Waals surface area contributed by atoms with Crippen molar-refractivity contribution < 1.29 is 14.9 Å². The van der Waals surface area contributed by atoms with Crippen LogP contribution in [0.1, 0.15) is 60.3 Å². The third-order valence-electron chi connectivity index (χ3n) is 6.70. The van der Waals surface area contributed by atoms with Gasteiger partial charge in [-0.15, -0.1) is 0 Å². The van der Waals surface area contributed by atoms with Gasteiger partial charge in [0.1, 0.15) is 0 Å². The van der Waals surface area contributed by atoms with Gasteiger partial charge < -0.3 is 20.3 Å². The van der Waals surface area contributed by atoms with Gasteiger partial charge in [0, 0.05) is 18.7 Å². The molecule has 2 bridgehead atoms. The fraction of sp³-hybridized carbons (Fsp3) is 1.00. The highest BCUT2D eigenvalue weighted by atomic mass is 16.5. The van der Waals surface area contributed by atoms with Crippen molar-refractivity contribution in [1.29, 1.82) is 0 Å². The first-order chi connectivity index (χ1) is 10.1. The standard InChI is InChI=1S/C18H35NO3/c1-16(2,12-20)19-11-14(21)7-9-22-15-10-13-6-8-18(15,5)17(13,3)4/h13-15,19-21H,6-12H2,1-5H3/t13-,14+,15-,18-/m1/s1. The van der Waals surface area contributed by atoms with E-state index in [0.717, 1.165) is 5.92 Å². The number of nitrogens with one attached hydrogen (secondary N) is 1. The lowest BCUT2D eigenvalue weighted by molar-refractivity contribution is -0.0549. The minimum absolute atomic E-state index is 0.0626. The Balaban J connectivity index is 1.72. The van der Waals surface area contributed by atoms with E-state index in [0.29, 0.717) is 36.5 Å². The van der Waals surface area contributed by atoms with Gasteiger partial charge in [0.2, 0.25) is 0 Å². The van der Waals surface area contributed by atoms with Crippen LogP contribution in [0.4, 0.5) is 0 Å². The SMILES string of the molecule is CC(C)(CO)NC[C@@H](O)CCO[C@@H]1C[C@H]2CC[C@@]1(C)C2(C)C. The van der Waals surface area contributed by atoms with Crippen molar-refractivity contribution in [2.75, 3.05) is 19.8 Å². The number of aliphatic hydroxyl groups is 2. The van der Waals surface area contributed by atoms with Gasteiger partial charge >= 0.3 is 0 Å². The molecule has 0 amide bonds. The van der Waals surface area contributed by atoms with Gasteiger partial charge in [0.15, 0.2) is 0 Å². The Labute approximate surface area is 135 Å². The first-order valence-electron chi connectivity index (χ1n) is 8.78. The number of fused-ring (bicyclic) bond motifs is 2. The first kappa shape index (κ1) is 18.2. The lowest BCUT2D eigenvalue weighted by atomic mass is 9.70. The van der Waals surface area contributed by atoms with Crippen molar-refractivity contribution >= 4 is 0 Å². The predicted molar refractivity (Wildman–Crippen MR) is 88.8 cm³/mol. The quantitative estimate of drug-likeness (QED) is 0.643. The normalized spacial score (nSPS) is 35.0. The molecule has 22 heavy (non-hydrogen) atoms. The third kappa shape index (κ3) is 3.35. The monoisotopic (exact) mass is 313 g/mol. The molecule has 3 N–H and O–H groups in total. The molecule has 0 radical (unpaired) electrons. The van der Waals surface area contributed by atoms with E-state index < -0.39 is 6.10 Å². The second-order valence-electron chi connectivity index (χ2n) is 8.84. The van der Waals surface area contributed by atoms with Gasteiger partial charge in [-0.05, 0) is 56.3 Å². The fourth-order valence-corrected chi connectivity index (χ4v) is 4.28. The molecule has 0 aromatic rings. The zero-order valence-corrected chi connectivity index (χ0v) is 15.0. The molecular formula is C18H35NO3. The van der Waals surface area contributed by atoms with Crippen LogP contribution in [-0.4, -0.2) is 47.7 Å². The van der Waals surface area contributed by atoms with Crippen LogP contribution in [0.5, 0.6) is 0 Å². The Hall–Kier alpha value is -0.160. The van der Waals surface area contributed by atoms with Crippen molar-refractivity contribution in [3.8, 4) is 0 Å². The number of β-amino-alcohol motifs (C(OH)–C–C–N with tert-alkyl or cyclic N) is 1. The van der Waals surface area contributed by atoms with Gasteiger partial charge in [-0.3, -0.25) is 0 Å². The number of ether oxygens (including phenoxy) is 1. The summed E-state index contributed by atoms with van der Waals surface area (Å²) in [5.41, 5.74) is 0.326. The van der Waals surface area contributed by atoms with E-state index >= 15 is 0 Å². The summed E-state index contributed by atoms with van der Waals surface area (Å²) in [6.07, 6.45) is 4.35. The molecule has 2 rings (SSSR count). The molecule has 0 saturated heterocycles. The molecular weight excluding hydrogens is 278 g/mol. The van der Waals surface area contributed by atoms with E-state index in [1.165, 1.54) is 19.3 Å². The molecule has 4 atom stereocenters. The molecule has 4 heteroatoms. The van der Waals surface area contributed by atoms with E-state index in [1.54, 1.807) is 0 Å². The molecule has 2 saturated carbocycles. The number of aliphatic hydroxyl groups excluding tert-OH is 2. The van der Waals surface area contributed by atoms with E-state index in [1.807, 2.05) is 13.8 Å². The maximum absolute atomic E-state index is 10.1. The average Bonchev–Trinajstić information content (AvgIpc) is 2.78. The molecule has 130 valence electrons. The largest absolute Gasteiger partial charge is 0.394 e. The Bertz CT molecular complexity index is 383. The number of hydrogen-bond acceptors (Lipinski definition) is 4. The predicted octanol–water partition coefficient (Wildman–Crippen LogP) is 2.33. The van der Waals surface area contributed by atoms with Gasteiger partial charge in [-0.2, -0.15) is 0 Å². The summed E-state index contributed by atoms with van der Waals surface area (Å²) in [6, 6.07) is 0. The van der Waals surface area contributed by atoms with E-state index in [2.05, 4.69) is 26.1 Å². The summed E-state index contributed by atoms with van der Waals surface area (Å²) < 4.78 is 6.17. The zero-order chi connectivity index (χ0) is 16.6. The maximum Gasteiger partial charge on any atom is 0.0686 e. The maximum atomic E-state index is 10.1. The van der Waals surface area contributed by atoms with E-state index in [-0.39, 0.29) is 12.1 Å². The Morgan fingerprint density at radius 1 is 1.32 bits per heavy atom. The highest BCUT2D eigenvalue weighted by Crippen LogP contribution is 2.66. The van der Waals surface area contributed by atoms with Crippen molar-refractivity contribution in [3.63, 3.8) is 0 Å². The lowest BCUT2D eigenvalue weighted by Crippen LogP contribution is -2.46. The van der Waals surface area contributed by atoms with Crippen LogP contribution in [-0.2, 0) is 4.74 Å². The Kier molecular flexibility index (Phi) is 5.28. The molecule has 0 aromatic heterocycles. The molecule has 0 unspecified atom stereocenters. The second kappa shape index (κ2) is 6.39. The van der Waals surface area contributed by atoms with Crippen LogP contribution >= 0.6 is 0 Å². The number of hydrogen-bond donors (Lipinski definition) is 3. The average molecular weight is 313 g/mol. The van der Waals surface area contributed by atoms with Crippen LogP contribution in [0.2, 0.25) is 0 Å². The Morgan fingerprint density at radius 3 is 2.50 bits per heavy atom. The highest BCUT2D eigenvalue weighted by Gasteiger charge is 2.61. The van der Waals surface area contributed by atoms with Crippen molar-refractivity contribution in [2.45, 2.75) is 78.0 Å². The summed E-state index contributed by atoms with van der Waals surface area (Å²) in [5, 5.41) is 22.4. The van der Waals surface area contributed by atoms with Gasteiger partial charge in [0.25, 0.3) is 0 Å². The molecule has 0 aliphatic heterocycles. The van der Waals surface area contributed by atoms with Crippen LogP contribution in [0.15, 0.2) is 0 Å². The molecule has 2 aliphatic rings. The molecule has 2 aliphatic carbocycles. The van der Waals surface area contributed by atoms with Crippen LogP contribution < -0.4 is 5.32 Å². The topological polar surface area (TPSA) is 61.7 Å². The first-order valence-corrected chi connectivity index (χ1v) is 8.78. The van der Waals surface area contributed by atoms with E-state index in [9.17, 15) is 10.2 Å². The van der Waals surface area contributed by atoms with Gasteiger partial charge in [0.05, 0.1) is 18.8 Å². The molecule has 0 heterocycles. The zero-order valence-electron chi connectivity index (χ0n) is 15.0. The summed E-state index contributed by atoms with van der Waals surface area (Å²) in [6.45, 7) is 12.2. The van der Waals surface area contributed by atoms with Crippen LogP contribution in [0, 0.1) is 16.7 Å². The smallest absolute Gasteiger partial charge is 0.0686 e. The van der Waals surface area contributed by atoms with Gasteiger partial charge in [-0.1, -0.05) is 20.8 Å². The minimum Gasteiger partial charge on any atom is -0.394 e. The van der Waals surface area contributed by atoms with E-state index in [4.69, 9.17) is 4.74 Å². The molecule has 2 fully saturated rings. The highest BCUT2D eigenvalue weighted by molar-refractivity contribution is 5.11. The molecule has 4 nitrogen and oxygen atoms in total. The summed E-state index contributed by atoms with van der Waals surface area (Å²) >= 11 is 0. The van der Waals surface area contributed by atoms with Crippen molar-refractivity contribution in [3.05, 3.63) is 0 Å². The van der Waals surface area contributed by atoms with Gasteiger partial charge in [-0.25, -0.2) is 0 Å². The second-order valence-corrected chi connectivity index (χ2v) is 8.84. The third-order valence-corrected chi connectivity index (χ3v) is 6.70. The van der Waals surface area contributed by atoms with Crippen molar-refractivity contribution in [1.82, 2.24) is 5.32 Å². The summed E-state index contributed by atoms with van der Waals surface area (Å²) in [7, 11) is 0. The van der Waals surface area contributed by atoms with Crippen molar-refractivity contribution in [2.24, 2.45) is 16.7 Å². The lowest BCUT2D eigenvalue weighted by Gasteiger charge is -2.39. The molecule has 0 spiro atoms. The summed E-state index contributed by atoms with van der Waals surface area (Å²) in [5.74, 6) is 0.791. The summed E-state index contributed by atoms with van der Waals surface area (Å²) in [4.78, 5) is 0.